The lowest BCUT2D eigenvalue weighted by Gasteiger charge is -2.40. The maximum atomic E-state index is 10.7. The van der Waals surface area contributed by atoms with Crippen LogP contribution >= 0.6 is 0 Å². The molecule has 0 aromatic heterocycles. The second kappa shape index (κ2) is 4.86. The van der Waals surface area contributed by atoms with Crippen LogP contribution in [0.1, 0.15) is 6.92 Å². The van der Waals surface area contributed by atoms with Gasteiger partial charge in [0.1, 0.15) is 24.4 Å². The zero-order chi connectivity index (χ0) is 11.6. The van der Waals surface area contributed by atoms with E-state index in [0.29, 0.717) is 0 Å². The Morgan fingerprint density at radius 2 is 1.93 bits per heavy atom. The maximum absolute atomic E-state index is 10.7. The van der Waals surface area contributed by atoms with Gasteiger partial charge in [0.15, 0.2) is 6.29 Å². The van der Waals surface area contributed by atoms with Crippen molar-refractivity contribution >= 4 is 5.91 Å². The highest BCUT2D eigenvalue weighted by Gasteiger charge is 2.43. The van der Waals surface area contributed by atoms with Crippen molar-refractivity contribution in [2.75, 3.05) is 6.61 Å². The standard InChI is InChI=1S/C8H15NO6/c1-3(11)9-5-7(13)6(12)4(2-10)15-8(5)14/h4-8,10,12-14H,2H2,1H3,(H,9,11)/t4?,5?,6-,7-,8?/m1/s1/i1+1,3+1. The van der Waals surface area contributed by atoms with E-state index in [9.17, 15) is 20.1 Å². The number of carbonyl (C=O) groups is 1. The molecule has 1 saturated heterocycles. The van der Waals surface area contributed by atoms with Crippen LogP contribution in [0, 0.1) is 0 Å². The molecule has 5 N–H and O–H groups in total. The van der Waals surface area contributed by atoms with Crippen molar-refractivity contribution in [3.63, 3.8) is 0 Å². The van der Waals surface area contributed by atoms with Crippen LogP contribution in [0.15, 0.2) is 0 Å². The molecule has 1 aliphatic rings. The predicted molar refractivity (Wildman–Crippen MR) is 47.6 cm³/mol. The van der Waals surface area contributed by atoms with E-state index in [2.05, 4.69) is 5.32 Å². The van der Waals surface area contributed by atoms with Crippen LogP contribution in [0.4, 0.5) is 0 Å². The minimum absolute atomic E-state index is 0.462. The molecule has 0 aliphatic carbocycles. The molecule has 1 rings (SSSR count). The van der Waals surface area contributed by atoms with Crippen LogP contribution in [-0.4, -0.2) is 63.6 Å². The maximum Gasteiger partial charge on any atom is 0.217 e. The van der Waals surface area contributed by atoms with E-state index in [1.54, 1.807) is 0 Å². The van der Waals surface area contributed by atoms with Crippen LogP contribution in [0.2, 0.25) is 0 Å². The summed E-state index contributed by atoms with van der Waals surface area (Å²) in [7, 11) is 0. The van der Waals surface area contributed by atoms with Gasteiger partial charge in [-0.05, 0) is 0 Å². The molecule has 7 heteroatoms. The van der Waals surface area contributed by atoms with Gasteiger partial charge in [-0.25, -0.2) is 0 Å². The number of hydrogen-bond donors (Lipinski definition) is 5. The summed E-state index contributed by atoms with van der Waals surface area (Å²) in [6, 6.07) is -1.10. The van der Waals surface area contributed by atoms with Crippen LogP contribution in [-0.2, 0) is 9.53 Å². The smallest absolute Gasteiger partial charge is 0.217 e. The fourth-order valence-electron chi connectivity index (χ4n) is 1.49. The van der Waals surface area contributed by atoms with Crippen molar-refractivity contribution in [1.29, 1.82) is 0 Å². The lowest BCUT2D eigenvalue weighted by atomic mass is 9.97. The molecular weight excluding hydrogens is 208 g/mol. The van der Waals surface area contributed by atoms with Gasteiger partial charge in [0.2, 0.25) is 5.91 Å². The monoisotopic (exact) mass is 223 g/mol. The Hall–Kier alpha value is -0.730. The van der Waals surface area contributed by atoms with Crippen LogP contribution < -0.4 is 5.32 Å². The lowest BCUT2D eigenvalue weighted by molar-refractivity contribution is -0.253. The first-order chi connectivity index (χ1) is 6.97. The third-order valence-corrected chi connectivity index (χ3v) is 2.27. The average Bonchev–Trinajstić information content (AvgIpc) is 2.18. The topological polar surface area (TPSA) is 119 Å². The van der Waals surface area contributed by atoms with E-state index < -0.39 is 43.2 Å². The number of amides is 1. The molecule has 0 aromatic rings. The van der Waals surface area contributed by atoms with Crippen LogP contribution in [0.5, 0.6) is 0 Å². The highest BCUT2D eigenvalue weighted by Crippen LogP contribution is 2.19. The molecule has 0 bridgehead atoms. The summed E-state index contributed by atoms with van der Waals surface area (Å²) in [5, 5.41) is 39.4. The fourth-order valence-corrected chi connectivity index (χ4v) is 1.49. The molecule has 1 fully saturated rings. The van der Waals surface area contributed by atoms with Crippen molar-refractivity contribution in [1.82, 2.24) is 5.32 Å². The molecule has 0 radical (unpaired) electrons. The van der Waals surface area contributed by atoms with Gasteiger partial charge in [-0.1, -0.05) is 0 Å². The molecule has 88 valence electrons. The first-order valence-electron chi connectivity index (χ1n) is 4.55. The van der Waals surface area contributed by atoms with Crippen molar-refractivity contribution in [3.05, 3.63) is 0 Å². The zero-order valence-corrected chi connectivity index (χ0v) is 8.20. The average molecular weight is 223 g/mol. The number of nitrogens with one attached hydrogen (secondary N) is 1. The second-order valence-electron chi connectivity index (χ2n) is 3.46. The Kier molecular flexibility index (Phi) is 4.00. The van der Waals surface area contributed by atoms with Gasteiger partial charge in [0.05, 0.1) is 6.61 Å². The van der Waals surface area contributed by atoms with Crippen molar-refractivity contribution < 1.29 is 30.0 Å². The Morgan fingerprint density at radius 3 is 2.40 bits per heavy atom. The molecule has 0 spiro atoms. The van der Waals surface area contributed by atoms with Gasteiger partial charge in [0.25, 0.3) is 0 Å². The molecule has 5 atom stereocenters. The number of aliphatic hydroxyl groups is 4. The highest BCUT2D eigenvalue weighted by atomic mass is 16.6. The second-order valence-corrected chi connectivity index (χ2v) is 3.46. The van der Waals surface area contributed by atoms with E-state index >= 15 is 0 Å². The van der Waals surface area contributed by atoms with Crippen LogP contribution in [0.25, 0.3) is 0 Å². The van der Waals surface area contributed by atoms with Gasteiger partial charge in [-0.2, -0.15) is 0 Å². The Bertz CT molecular complexity index is 235. The summed E-state index contributed by atoms with van der Waals surface area (Å²) < 4.78 is 4.81. The first kappa shape index (κ1) is 12.3. The SMILES string of the molecule is [13CH3][13C](=O)NC1C(O)OC(CO)[C@@H](O)[C@@H]1O. The van der Waals surface area contributed by atoms with Gasteiger partial charge in [-0.15, -0.1) is 0 Å². The normalized spacial score (nSPS) is 41.3. The number of ether oxygens (including phenoxy) is 1. The summed E-state index contributed by atoms with van der Waals surface area (Å²) in [6.45, 7) is 0.687. The summed E-state index contributed by atoms with van der Waals surface area (Å²) >= 11 is 0. The third kappa shape index (κ3) is 2.64. The number of hydrogen-bond acceptors (Lipinski definition) is 6. The largest absolute Gasteiger partial charge is 0.394 e. The van der Waals surface area contributed by atoms with Gasteiger partial charge in [-0.3, -0.25) is 4.79 Å². The van der Waals surface area contributed by atoms with E-state index in [1.807, 2.05) is 0 Å². The van der Waals surface area contributed by atoms with Crippen molar-refractivity contribution in [2.45, 2.75) is 37.6 Å². The summed E-state index contributed by atoms with van der Waals surface area (Å²) in [6.07, 6.45) is -5.24. The Labute approximate surface area is 86.3 Å². The highest BCUT2D eigenvalue weighted by molar-refractivity contribution is 5.73. The van der Waals surface area contributed by atoms with E-state index in [-0.39, 0.29) is 0 Å². The molecule has 1 heterocycles. The number of carbonyl (C=O) groups excluding carboxylic acids is 1. The molecule has 1 aliphatic heterocycles. The Balaban J connectivity index is 2.70. The van der Waals surface area contributed by atoms with E-state index in [4.69, 9.17) is 9.84 Å². The minimum atomic E-state index is -1.45. The van der Waals surface area contributed by atoms with Gasteiger partial charge in [0, 0.05) is 6.92 Å². The zero-order valence-electron chi connectivity index (χ0n) is 8.20. The Morgan fingerprint density at radius 1 is 1.33 bits per heavy atom. The quantitative estimate of drug-likeness (QED) is 0.317. The van der Waals surface area contributed by atoms with E-state index in [0.717, 1.165) is 0 Å². The van der Waals surface area contributed by atoms with E-state index in [1.165, 1.54) is 6.92 Å². The summed E-state index contributed by atoms with van der Waals surface area (Å²) in [4.78, 5) is 10.7. The van der Waals surface area contributed by atoms with Crippen molar-refractivity contribution in [2.24, 2.45) is 0 Å². The van der Waals surface area contributed by atoms with Gasteiger partial charge >= 0.3 is 0 Å². The summed E-state index contributed by atoms with van der Waals surface area (Å²) in [5.74, 6) is -0.462. The van der Waals surface area contributed by atoms with Gasteiger partial charge < -0.3 is 30.5 Å². The molecule has 7 nitrogen and oxygen atoms in total. The molecule has 0 aromatic carbocycles. The molecule has 0 saturated carbocycles. The van der Waals surface area contributed by atoms with Crippen molar-refractivity contribution in [3.8, 4) is 0 Å². The number of rotatable bonds is 2. The molecular formula is C8H15NO6. The molecule has 3 unspecified atom stereocenters. The fraction of sp³-hybridized carbons (Fsp3) is 0.875. The summed E-state index contributed by atoms with van der Waals surface area (Å²) in [5.41, 5.74) is 0. The minimum Gasteiger partial charge on any atom is -0.394 e. The third-order valence-electron chi connectivity index (χ3n) is 2.27. The predicted octanol–water partition coefficient (Wildman–Crippen LogP) is -3.08. The van der Waals surface area contributed by atoms with Crippen LogP contribution in [0.3, 0.4) is 0 Å². The molecule has 1 amide bonds. The number of aliphatic hydroxyl groups excluding tert-OH is 4. The molecule has 15 heavy (non-hydrogen) atoms. The first-order valence-corrected chi connectivity index (χ1v) is 4.55. The lowest BCUT2D eigenvalue weighted by Crippen LogP contribution is -2.63.